The molecule has 2 aromatic heterocycles. The summed E-state index contributed by atoms with van der Waals surface area (Å²) >= 11 is 1.64. The lowest BCUT2D eigenvalue weighted by Crippen LogP contribution is -2.27. The van der Waals surface area contributed by atoms with Crippen molar-refractivity contribution in [2.75, 3.05) is 5.32 Å². The van der Waals surface area contributed by atoms with Gasteiger partial charge in [-0.1, -0.05) is 57.2 Å². The normalized spacial score (nSPS) is 15.7. The number of hydrogen-bond acceptors (Lipinski definition) is 4. The second kappa shape index (κ2) is 9.75. The molecule has 4 aromatic rings. The number of anilines is 1. The van der Waals surface area contributed by atoms with E-state index in [1.165, 1.54) is 4.88 Å². The molecular weight excluding hydrogens is 464 g/mol. The van der Waals surface area contributed by atoms with Crippen LogP contribution in [0.1, 0.15) is 53.6 Å². The van der Waals surface area contributed by atoms with Gasteiger partial charge in [-0.25, -0.2) is 4.99 Å². The minimum absolute atomic E-state index is 0.105. The summed E-state index contributed by atoms with van der Waals surface area (Å²) in [6.45, 7) is 7.18. The van der Waals surface area contributed by atoms with Crippen molar-refractivity contribution in [1.29, 1.82) is 5.26 Å². The van der Waals surface area contributed by atoms with E-state index in [4.69, 9.17) is 4.99 Å². The second-order valence-electron chi connectivity index (χ2n) is 10.5. The molecule has 0 spiro atoms. The molecule has 1 amide bonds. The molecular formula is C30H30N4OS. The second-order valence-corrected chi connectivity index (χ2v) is 11.5. The quantitative estimate of drug-likeness (QED) is 0.294. The van der Waals surface area contributed by atoms with Gasteiger partial charge in [-0.15, -0.1) is 11.3 Å². The Bertz CT molecular complexity index is 1480. The Morgan fingerprint density at radius 3 is 2.69 bits per heavy atom. The zero-order valence-corrected chi connectivity index (χ0v) is 21.7. The maximum Gasteiger partial charge on any atom is 0.259 e. The highest BCUT2D eigenvalue weighted by atomic mass is 32.1. The van der Waals surface area contributed by atoms with E-state index in [1.807, 2.05) is 71.6 Å². The third-order valence-electron chi connectivity index (χ3n) is 7.11. The zero-order chi connectivity index (χ0) is 25.3. The molecule has 0 radical (unpaired) electrons. The predicted octanol–water partition coefficient (Wildman–Crippen LogP) is 7.38. The van der Waals surface area contributed by atoms with Gasteiger partial charge in [-0.3, -0.25) is 4.79 Å². The van der Waals surface area contributed by atoms with Crippen LogP contribution in [0.5, 0.6) is 0 Å². The van der Waals surface area contributed by atoms with Crippen molar-refractivity contribution in [3.05, 3.63) is 82.4 Å². The maximum atomic E-state index is 13.5. The van der Waals surface area contributed by atoms with Crippen molar-refractivity contribution in [3.63, 3.8) is 0 Å². The van der Waals surface area contributed by atoms with Crippen LogP contribution >= 0.6 is 11.3 Å². The first-order valence-corrected chi connectivity index (χ1v) is 13.2. The van der Waals surface area contributed by atoms with Crippen molar-refractivity contribution < 1.29 is 4.79 Å². The number of thiophene rings is 1. The summed E-state index contributed by atoms with van der Waals surface area (Å²) in [6, 6.07) is 19.8. The van der Waals surface area contributed by atoms with Crippen LogP contribution in [0, 0.1) is 22.7 Å². The first-order valence-electron chi connectivity index (χ1n) is 12.3. The smallest absolute Gasteiger partial charge is 0.259 e. The van der Waals surface area contributed by atoms with E-state index in [0.29, 0.717) is 11.5 Å². The highest BCUT2D eigenvalue weighted by molar-refractivity contribution is 7.16. The maximum absolute atomic E-state index is 13.5. The van der Waals surface area contributed by atoms with Crippen LogP contribution in [0.25, 0.3) is 10.9 Å². The van der Waals surface area contributed by atoms with Gasteiger partial charge in [-0.05, 0) is 54.4 Å². The van der Waals surface area contributed by atoms with Gasteiger partial charge >= 0.3 is 0 Å². The first-order chi connectivity index (χ1) is 17.3. The van der Waals surface area contributed by atoms with Crippen molar-refractivity contribution in [2.45, 2.75) is 46.6 Å². The fourth-order valence-electron chi connectivity index (χ4n) is 5.06. The summed E-state index contributed by atoms with van der Waals surface area (Å²) < 4.78 is 1.94. The summed E-state index contributed by atoms with van der Waals surface area (Å²) in [5.74, 6) is 0.474. The average Bonchev–Trinajstić information content (AvgIpc) is 3.40. The van der Waals surface area contributed by atoms with E-state index in [-0.39, 0.29) is 17.9 Å². The molecule has 0 aliphatic heterocycles. The number of aliphatic imine (C=N–C) groups is 1. The summed E-state index contributed by atoms with van der Waals surface area (Å²) in [4.78, 5) is 19.7. The molecule has 6 heteroatoms. The molecule has 36 heavy (non-hydrogen) atoms. The third-order valence-corrected chi connectivity index (χ3v) is 8.27. The van der Waals surface area contributed by atoms with Crippen molar-refractivity contribution in [2.24, 2.45) is 16.3 Å². The third kappa shape index (κ3) is 4.72. The molecule has 1 atom stereocenters. The molecule has 5 nitrogen and oxygen atoms in total. The van der Waals surface area contributed by atoms with Crippen LogP contribution in [-0.4, -0.2) is 16.7 Å². The molecule has 2 aromatic carbocycles. The molecule has 1 aliphatic rings. The molecule has 0 saturated heterocycles. The largest absolute Gasteiger partial charge is 0.333 e. The number of amides is 1. The Hall–Kier alpha value is -3.69. The topological polar surface area (TPSA) is 70.2 Å². The van der Waals surface area contributed by atoms with E-state index in [1.54, 1.807) is 11.3 Å². The van der Waals surface area contributed by atoms with Crippen molar-refractivity contribution >= 4 is 45.0 Å². The van der Waals surface area contributed by atoms with Gasteiger partial charge in [-0.2, -0.15) is 5.26 Å². The van der Waals surface area contributed by atoms with E-state index >= 15 is 0 Å². The lowest BCUT2D eigenvalue weighted by atomic mass is 9.72. The lowest BCUT2D eigenvalue weighted by molar-refractivity contribution is 0.102. The van der Waals surface area contributed by atoms with Crippen LogP contribution in [0.3, 0.4) is 0 Å². The van der Waals surface area contributed by atoms with E-state index < -0.39 is 0 Å². The molecule has 182 valence electrons. The summed E-state index contributed by atoms with van der Waals surface area (Å²) in [5.41, 5.74) is 4.78. The standard InChI is InChI=1S/C30H30N4OS/c1-30(2,3)21-13-14-24-26(17-21)36-29(27(24)28(35)33-22-9-5-4-6-10-22)32-18-20-19-34(16-15-31)25-12-8-7-11-23(20)25/h4-12,18-19,21H,13-14,16-17H2,1-3H3,(H,33,35)/t21-/m1/s1. The number of benzene rings is 2. The summed E-state index contributed by atoms with van der Waals surface area (Å²) in [6.07, 6.45) is 6.75. The SMILES string of the molecule is CC(C)(C)[C@@H]1CCc2c(sc(N=Cc3cn(CC#N)c4ccccc34)c2C(=O)Nc2ccccc2)C1. The highest BCUT2D eigenvalue weighted by Gasteiger charge is 2.33. The number of nitrogens with one attached hydrogen (secondary N) is 1. The Labute approximate surface area is 216 Å². The van der Waals surface area contributed by atoms with Crippen LogP contribution in [-0.2, 0) is 19.4 Å². The lowest BCUT2D eigenvalue weighted by Gasteiger charge is -2.33. The minimum atomic E-state index is -0.105. The van der Waals surface area contributed by atoms with E-state index in [9.17, 15) is 10.1 Å². The average molecular weight is 495 g/mol. The Morgan fingerprint density at radius 1 is 1.19 bits per heavy atom. The van der Waals surface area contributed by atoms with Crippen molar-refractivity contribution in [3.8, 4) is 6.07 Å². The number of carbonyl (C=O) groups excluding carboxylic acids is 1. The fraction of sp³-hybridized carbons (Fsp3) is 0.300. The van der Waals surface area contributed by atoms with Crippen LogP contribution in [0.15, 0.2) is 65.8 Å². The van der Waals surface area contributed by atoms with Crippen molar-refractivity contribution in [1.82, 2.24) is 4.57 Å². The monoisotopic (exact) mass is 494 g/mol. The van der Waals surface area contributed by atoms with Gasteiger partial charge in [0.2, 0.25) is 0 Å². The Morgan fingerprint density at radius 2 is 1.94 bits per heavy atom. The molecule has 0 unspecified atom stereocenters. The number of hydrogen-bond donors (Lipinski definition) is 1. The molecule has 0 saturated carbocycles. The molecule has 5 rings (SSSR count). The number of carbonyl (C=O) groups is 1. The number of para-hydroxylation sites is 2. The Kier molecular flexibility index (Phi) is 6.51. The number of nitrogens with zero attached hydrogens (tertiary/aromatic N) is 3. The minimum Gasteiger partial charge on any atom is -0.333 e. The fourth-order valence-corrected chi connectivity index (χ4v) is 6.33. The number of rotatable bonds is 5. The van der Waals surface area contributed by atoms with Crippen LogP contribution < -0.4 is 5.32 Å². The van der Waals surface area contributed by atoms with Gasteiger partial charge in [0.05, 0.1) is 11.6 Å². The number of nitriles is 1. The number of fused-ring (bicyclic) bond motifs is 2. The van der Waals surface area contributed by atoms with Gasteiger partial charge in [0.1, 0.15) is 11.5 Å². The predicted molar refractivity (Wildman–Crippen MR) is 148 cm³/mol. The van der Waals surface area contributed by atoms with Gasteiger partial charge < -0.3 is 9.88 Å². The van der Waals surface area contributed by atoms with E-state index in [2.05, 4.69) is 32.2 Å². The van der Waals surface area contributed by atoms with Gasteiger partial charge in [0.15, 0.2) is 0 Å². The zero-order valence-electron chi connectivity index (χ0n) is 20.9. The molecule has 0 bridgehead atoms. The summed E-state index contributed by atoms with van der Waals surface area (Å²) in [7, 11) is 0. The van der Waals surface area contributed by atoms with E-state index in [0.717, 1.165) is 52.0 Å². The first kappa shape index (κ1) is 24.0. The molecule has 2 heterocycles. The summed E-state index contributed by atoms with van der Waals surface area (Å²) in [5, 5.41) is 14.1. The van der Waals surface area contributed by atoms with Crippen LogP contribution in [0.4, 0.5) is 10.7 Å². The van der Waals surface area contributed by atoms with Gasteiger partial charge in [0, 0.05) is 39.4 Å². The van der Waals surface area contributed by atoms with Crippen LogP contribution in [0.2, 0.25) is 0 Å². The molecule has 1 N–H and O–H groups in total. The highest BCUT2D eigenvalue weighted by Crippen LogP contribution is 2.45. The molecule has 0 fully saturated rings. The molecule has 1 aliphatic carbocycles. The number of aromatic nitrogens is 1. The Balaban J connectivity index is 1.55. The van der Waals surface area contributed by atoms with Gasteiger partial charge in [0.25, 0.3) is 5.91 Å².